The van der Waals surface area contributed by atoms with E-state index in [0.29, 0.717) is 11.4 Å². The van der Waals surface area contributed by atoms with Crippen molar-refractivity contribution in [2.45, 2.75) is 9.79 Å². The first-order chi connectivity index (χ1) is 6.75. The highest BCUT2D eigenvalue weighted by atomic mass is 32.2. The van der Waals surface area contributed by atoms with Crippen LogP contribution < -0.4 is 11.5 Å². The summed E-state index contributed by atoms with van der Waals surface area (Å²) in [7, 11) is 0. The SMILES string of the molecule is Nc1ccc(Sc2ccsc2)cc1N. The molecule has 0 radical (unpaired) electrons. The lowest BCUT2D eigenvalue weighted by atomic mass is 10.3. The molecular formula is C10H10N2S2. The zero-order chi connectivity index (χ0) is 9.97. The Morgan fingerprint density at radius 2 is 1.86 bits per heavy atom. The Balaban J connectivity index is 2.22. The van der Waals surface area contributed by atoms with E-state index in [9.17, 15) is 0 Å². The molecule has 0 saturated heterocycles. The molecule has 4 N–H and O–H groups in total. The molecule has 0 fully saturated rings. The number of nitrogens with two attached hydrogens (primary N) is 2. The molecule has 14 heavy (non-hydrogen) atoms. The van der Waals surface area contributed by atoms with E-state index in [2.05, 4.69) is 16.8 Å². The fourth-order valence-electron chi connectivity index (χ4n) is 1.06. The van der Waals surface area contributed by atoms with Gasteiger partial charge in [-0.25, -0.2) is 0 Å². The van der Waals surface area contributed by atoms with E-state index < -0.39 is 0 Å². The molecule has 0 aliphatic rings. The van der Waals surface area contributed by atoms with Crippen LogP contribution in [0.3, 0.4) is 0 Å². The van der Waals surface area contributed by atoms with Crippen LogP contribution in [0.25, 0.3) is 0 Å². The van der Waals surface area contributed by atoms with Gasteiger partial charge >= 0.3 is 0 Å². The average molecular weight is 222 g/mol. The van der Waals surface area contributed by atoms with Crippen LogP contribution in [-0.2, 0) is 0 Å². The van der Waals surface area contributed by atoms with Crippen LogP contribution in [0, 0.1) is 0 Å². The average Bonchev–Trinajstić information content (AvgIpc) is 2.64. The maximum atomic E-state index is 5.71. The molecule has 0 atom stereocenters. The summed E-state index contributed by atoms with van der Waals surface area (Å²) in [5, 5.41) is 4.17. The second kappa shape index (κ2) is 3.94. The number of anilines is 2. The van der Waals surface area contributed by atoms with E-state index in [1.54, 1.807) is 23.1 Å². The Morgan fingerprint density at radius 3 is 2.50 bits per heavy atom. The molecule has 0 aliphatic carbocycles. The quantitative estimate of drug-likeness (QED) is 0.768. The highest BCUT2D eigenvalue weighted by molar-refractivity contribution is 7.99. The molecule has 2 rings (SSSR count). The van der Waals surface area contributed by atoms with Gasteiger partial charge < -0.3 is 11.5 Å². The minimum absolute atomic E-state index is 0.639. The lowest BCUT2D eigenvalue weighted by Gasteiger charge is -2.02. The highest BCUT2D eigenvalue weighted by Crippen LogP contribution is 2.31. The molecule has 0 spiro atoms. The maximum absolute atomic E-state index is 5.71. The largest absolute Gasteiger partial charge is 0.397 e. The normalized spacial score (nSPS) is 10.3. The van der Waals surface area contributed by atoms with Gasteiger partial charge in [-0.3, -0.25) is 0 Å². The minimum Gasteiger partial charge on any atom is -0.397 e. The second-order valence-electron chi connectivity index (χ2n) is 2.85. The number of benzene rings is 1. The molecule has 0 amide bonds. The molecule has 72 valence electrons. The third-order valence-electron chi connectivity index (χ3n) is 1.79. The maximum Gasteiger partial charge on any atom is 0.0559 e. The van der Waals surface area contributed by atoms with E-state index >= 15 is 0 Å². The van der Waals surface area contributed by atoms with Gasteiger partial charge in [0.15, 0.2) is 0 Å². The van der Waals surface area contributed by atoms with Gasteiger partial charge in [0.25, 0.3) is 0 Å². The Kier molecular flexibility index (Phi) is 2.65. The third kappa shape index (κ3) is 2.02. The number of hydrogen-bond acceptors (Lipinski definition) is 4. The molecule has 0 saturated carbocycles. The molecular weight excluding hydrogens is 212 g/mol. The first-order valence-corrected chi connectivity index (χ1v) is 5.87. The van der Waals surface area contributed by atoms with Crippen molar-refractivity contribution in [2.24, 2.45) is 0 Å². The molecule has 0 aliphatic heterocycles. The summed E-state index contributed by atoms with van der Waals surface area (Å²) in [5.41, 5.74) is 12.6. The van der Waals surface area contributed by atoms with Gasteiger partial charge in [0.1, 0.15) is 0 Å². The Labute approximate surface area is 90.9 Å². The van der Waals surface area contributed by atoms with Crippen molar-refractivity contribution in [2.75, 3.05) is 11.5 Å². The lowest BCUT2D eigenvalue weighted by Crippen LogP contribution is -1.93. The first kappa shape index (κ1) is 9.43. The smallest absolute Gasteiger partial charge is 0.0559 e. The molecule has 0 unspecified atom stereocenters. The lowest BCUT2D eigenvalue weighted by molar-refractivity contribution is 1.44. The van der Waals surface area contributed by atoms with Gasteiger partial charge in [-0.05, 0) is 29.6 Å². The molecule has 0 bridgehead atoms. The molecule has 4 heteroatoms. The van der Waals surface area contributed by atoms with E-state index in [4.69, 9.17) is 11.5 Å². The van der Waals surface area contributed by atoms with E-state index in [1.165, 1.54) is 4.90 Å². The van der Waals surface area contributed by atoms with Crippen molar-refractivity contribution in [3.63, 3.8) is 0 Å². The Hall–Kier alpha value is -1.13. The van der Waals surface area contributed by atoms with Crippen LogP contribution in [0.1, 0.15) is 0 Å². The van der Waals surface area contributed by atoms with Gasteiger partial charge in [0.05, 0.1) is 11.4 Å². The fourth-order valence-corrected chi connectivity index (χ4v) is 2.75. The number of nitrogen functional groups attached to an aromatic ring is 2. The summed E-state index contributed by atoms with van der Waals surface area (Å²) in [6.45, 7) is 0. The van der Waals surface area contributed by atoms with Crippen molar-refractivity contribution >= 4 is 34.5 Å². The summed E-state index contributed by atoms with van der Waals surface area (Å²) >= 11 is 3.38. The summed E-state index contributed by atoms with van der Waals surface area (Å²) in [5.74, 6) is 0. The van der Waals surface area contributed by atoms with Gasteiger partial charge in [-0.1, -0.05) is 11.8 Å². The molecule has 1 aromatic carbocycles. The predicted molar refractivity (Wildman–Crippen MR) is 63.7 cm³/mol. The van der Waals surface area contributed by atoms with Crippen molar-refractivity contribution in [3.05, 3.63) is 35.0 Å². The molecule has 1 heterocycles. The topological polar surface area (TPSA) is 52.0 Å². The summed E-state index contributed by atoms with van der Waals surface area (Å²) in [4.78, 5) is 2.36. The highest BCUT2D eigenvalue weighted by Gasteiger charge is 2.00. The van der Waals surface area contributed by atoms with Crippen molar-refractivity contribution in [1.82, 2.24) is 0 Å². The third-order valence-corrected chi connectivity index (χ3v) is 3.60. The zero-order valence-electron chi connectivity index (χ0n) is 7.44. The number of rotatable bonds is 2. The molecule has 1 aromatic heterocycles. The van der Waals surface area contributed by atoms with Gasteiger partial charge in [-0.15, -0.1) is 0 Å². The predicted octanol–water partition coefficient (Wildman–Crippen LogP) is 3.06. The zero-order valence-corrected chi connectivity index (χ0v) is 9.07. The Morgan fingerprint density at radius 1 is 1.00 bits per heavy atom. The van der Waals surface area contributed by atoms with Crippen LogP contribution >= 0.6 is 23.1 Å². The van der Waals surface area contributed by atoms with Crippen LogP contribution in [0.2, 0.25) is 0 Å². The van der Waals surface area contributed by atoms with Crippen LogP contribution in [0.15, 0.2) is 44.8 Å². The standard InChI is InChI=1S/C10H10N2S2/c11-9-2-1-7(5-10(9)12)14-8-3-4-13-6-8/h1-6H,11-12H2. The summed E-state index contributed by atoms with van der Waals surface area (Å²) in [6, 6.07) is 7.80. The van der Waals surface area contributed by atoms with Gasteiger partial charge in [0.2, 0.25) is 0 Å². The first-order valence-electron chi connectivity index (χ1n) is 4.11. The van der Waals surface area contributed by atoms with Crippen LogP contribution in [0.5, 0.6) is 0 Å². The van der Waals surface area contributed by atoms with Crippen LogP contribution in [-0.4, -0.2) is 0 Å². The summed E-state index contributed by atoms with van der Waals surface area (Å²) in [6.07, 6.45) is 0. The number of thiophene rings is 1. The van der Waals surface area contributed by atoms with E-state index in [1.807, 2.05) is 18.2 Å². The molecule has 2 nitrogen and oxygen atoms in total. The van der Waals surface area contributed by atoms with E-state index in [0.717, 1.165) is 4.90 Å². The van der Waals surface area contributed by atoms with Crippen molar-refractivity contribution in [1.29, 1.82) is 0 Å². The minimum atomic E-state index is 0.639. The van der Waals surface area contributed by atoms with Crippen LogP contribution in [0.4, 0.5) is 11.4 Å². The van der Waals surface area contributed by atoms with Crippen molar-refractivity contribution < 1.29 is 0 Å². The Bertz CT molecular complexity index is 424. The van der Waals surface area contributed by atoms with E-state index in [-0.39, 0.29) is 0 Å². The fraction of sp³-hybridized carbons (Fsp3) is 0. The summed E-state index contributed by atoms with van der Waals surface area (Å²) < 4.78 is 0. The van der Waals surface area contributed by atoms with Gasteiger partial charge in [0, 0.05) is 15.2 Å². The second-order valence-corrected chi connectivity index (χ2v) is 4.78. The number of hydrogen-bond donors (Lipinski definition) is 2. The molecule has 2 aromatic rings. The monoisotopic (exact) mass is 222 g/mol. The van der Waals surface area contributed by atoms with Gasteiger partial charge in [-0.2, -0.15) is 11.3 Å². The van der Waals surface area contributed by atoms with Crippen molar-refractivity contribution in [3.8, 4) is 0 Å².